The molecule has 7 heteroatoms. The molecule has 6 nitrogen and oxygen atoms in total. The lowest BCUT2D eigenvalue weighted by atomic mass is 9.96. The van der Waals surface area contributed by atoms with E-state index in [0.717, 1.165) is 37.7 Å². The highest BCUT2D eigenvalue weighted by molar-refractivity contribution is 7.10. The van der Waals surface area contributed by atoms with Crippen molar-refractivity contribution in [2.75, 3.05) is 13.2 Å². The first kappa shape index (κ1) is 16.5. The van der Waals surface area contributed by atoms with Crippen molar-refractivity contribution in [1.29, 1.82) is 0 Å². The van der Waals surface area contributed by atoms with E-state index < -0.39 is 24.5 Å². The molecular weight excluding hydrogens is 304 g/mol. The van der Waals surface area contributed by atoms with E-state index >= 15 is 0 Å². The normalized spacial score (nSPS) is 13.1. The van der Waals surface area contributed by atoms with Crippen molar-refractivity contribution in [2.24, 2.45) is 0 Å². The van der Waals surface area contributed by atoms with E-state index in [9.17, 15) is 14.4 Å². The van der Waals surface area contributed by atoms with Crippen molar-refractivity contribution < 1.29 is 19.1 Å². The lowest BCUT2D eigenvalue weighted by molar-refractivity contribution is -0.123. The highest BCUT2D eigenvalue weighted by Crippen LogP contribution is 2.30. The second-order valence-electron chi connectivity index (χ2n) is 5.14. The molecule has 1 heterocycles. The Kier molecular flexibility index (Phi) is 5.94. The van der Waals surface area contributed by atoms with E-state index in [0.29, 0.717) is 12.1 Å². The van der Waals surface area contributed by atoms with Crippen molar-refractivity contribution in [3.8, 4) is 0 Å². The second kappa shape index (κ2) is 7.93. The van der Waals surface area contributed by atoms with Crippen LogP contribution in [0.2, 0.25) is 0 Å². The number of thiophene rings is 1. The summed E-state index contributed by atoms with van der Waals surface area (Å²) in [6.07, 6.45) is 4.89. The second-order valence-corrected chi connectivity index (χ2v) is 6.10. The number of carbonyl (C=O) groups is 3. The molecule has 0 bridgehead atoms. The summed E-state index contributed by atoms with van der Waals surface area (Å²) in [5.41, 5.74) is 1.62. The number of hydrogen-bond acceptors (Lipinski definition) is 5. The number of ether oxygens (including phenoxy) is 1. The third kappa shape index (κ3) is 4.30. The fourth-order valence-electron chi connectivity index (χ4n) is 2.32. The summed E-state index contributed by atoms with van der Waals surface area (Å²) < 4.78 is 5.00. The number of hydrogen-bond donors (Lipinski definition) is 2. The van der Waals surface area contributed by atoms with Crippen molar-refractivity contribution in [1.82, 2.24) is 10.6 Å². The summed E-state index contributed by atoms with van der Waals surface area (Å²) >= 11 is 1.57. The molecule has 0 atom stereocenters. The molecule has 0 spiro atoms. The monoisotopic (exact) mass is 324 g/mol. The minimum Gasteiger partial charge on any atom is -0.452 e. The molecule has 1 aliphatic rings. The first-order chi connectivity index (χ1) is 10.6. The summed E-state index contributed by atoms with van der Waals surface area (Å²) in [4.78, 5) is 36.1. The molecule has 120 valence electrons. The van der Waals surface area contributed by atoms with Gasteiger partial charge in [0.05, 0.1) is 5.56 Å². The van der Waals surface area contributed by atoms with Crippen LogP contribution in [0, 0.1) is 0 Å². The van der Waals surface area contributed by atoms with E-state index in [1.165, 1.54) is 4.88 Å². The Morgan fingerprint density at radius 1 is 1.27 bits per heavy atom. The molecule has 1 aromatic heterocycles. The number of carbonyl (C=O) groups excluding carboxylic acids is 3. The van der Waals surface area contributed by atoms with Crippen molar-refractivity contribution in [3.05, 3.63) is 21.4 Å². The maximum atomic E-state index is 12.0. The largest absolute Gasteiger partial charge is 0.452 e. The number of aryl methyl sites for hydroxylation is 1. The molecule has 1 aliphatic carbocycles. The molecule has 2 N–H and O–H groups in total. The standard InChI is InChI=1S/C15H20N2O4S/c1-2-7-16-15(20)17-13(18)8-21-14(19)11-9-22-12-6-4-3-5-10(11)12/h9H,2-8H2,1H3,(H2,16,17,18,20). The van der Waals surface area contributed by atoms with Crippen molar-refractivity contribution in [2.45, 2.75) is 39.0 Å². The van der Waals surface area contributed by atoms with Gasteiger partial charge in [0.15, 0.2) is 6.61 Å². The fourth-order valence-corrected chi connectivity index (χ4v) is 3.43. The minimum atomic E-state index is -0.633. The van der Waals surface area contributed by atoms with Gasteiger partial charge in [-0.3, -0.25) is 10.1 Å². The summed E-state index contributed by atoms with van der Waals surface area (Å²) in [6, 6.07) is -0.573. The first-order valence-electron chi connectivity index (χ1n) is 7.45. The first-order valence-corrected chi connectivity index (χ1v) is 8.33. The van der Waals surface area contributed by atoms with Gasteiger partial charge in [0.25, 0.3) is 5.91 Å². The summed E-state index contributed by atoms with van der Waals surface area (Å²) in [5.74, 6) is -1.13. The predicted octanol–water partition coefficient (Wildman–Crippen LogP) is 2.02. The predicted molar refractivity (Wildman–Crippen MR) is 83.1 cm³/mol. The van der Waals surface area contributed by atoms with Gasteiger partial charge in [0, 0.05) is 16.8 Å². The van der Waals surface area contributed by atoms with E-state index in [2.05, 4.69) is 10.6 Å². The van der Waals surface area contributed by atoms with E-state index in [4.69, 9.17) is 4.74 Å². The zero-order valence-corrected chi connectivity index (χ0v) is 13.4. The van der Waals surface area contributed by atoms with Gasteiger partial charge in [-0.05, 0) is 37.7 Å². The Hall–Kier alpha value is -1.89. The molecule has 0 aliphatic heterocycles. The Morgan fingerprint density at radius 2 is 2.05 bits per heavy atom. The van der Waals surface area contributed by atoms with Gasteiger partial charge in [-0.1, -0.05) is 6.92 Å². The molecule has 0 aromatic carbocycles. The molecule has 0 unspecified atom stereocenters. The summed E-state index contributed by atoms with van der Waals surface area (Å²) in [6.45, 7) is 1.94. The Labute approximate surface area is 133 Å². The number of urea groups is 1. The summed E-state index contributed by atoms with van der Waals surface area (Å²) in [7, 11) is 0. The zero-order chi connectivity index (χ0) is 15.9. The van der Waals surface area contributed by atoms with Crippen LogP contribution < -0.4 is 10.6 Å². The topological polar surface area (TPSA) is 84.5 Å². The van der Waals surface area contributed by atoms with Crippen LogP contribution in [0.1, 0.15) is 47.0 Å². The van der Waals surface area contributed by atoms with Crippen LogP contribution in [0.5, 0.6) is 0 Å². The number of fused-ring (bicyclic) bond motifs is 1. The Bertz CT molecular complexity index is 568. The molecular formula is C15H20N2O4S. The number of amides is 3. The molecule has 2 rings (SSSR count). The maximum Gasteiger partial charge on any atom is 0.339 e. The van der Waals surface area contributed by atoms with Gasteiger partial charge >= 0.3 is 12.0 Å². The third-order valence-corrected chi connectivity index (χ3v) is 4.49. The van der Waals surface area contributed by atoms with Gasteiger partial charge < -0.3 is 10.1 Å². The number of rotatable bonds is 5. The van der Waals surface area contributed by atoms with E-state index in [1.54, 1.807) is 16.7 Å². The Morgan fingerprint density at radius 3 is 2.82 bits per heavy atom. The molecule has 0 saturated carbocycles. The quantitative estimate of drug-likeness (QED) is 0.812. The highest BCUT2D eigenvalue weighted by Gasteiger charge is 2.21. The zero-order valence-electron chi connectivity index (χ0n) is 12.6. The van der Waals surface area contributed by atoms with E-state index in [-0.39, 0.29) is 0 Å². The van der Waals surface area contributed by atoms with Crippen molar-refractivity contribution in [3.63, 3.8) is 0 Å². The number of imide groups is 1. The van der Waals surface area contributed by atoms with Crippen LogP contribution in [0.3, 0.4) is 0 Å². The smallest absolute Gasteiger partial charge is 0.339 e. The van der Waals surface area contributed by atoms with Gasteiger partial charge in [0.1, 0.15) is 0 Å². The average molecular weight is 324 g/mol. The fraction of sp³-hybridized carbons (Fsp3) is 0.533. The number of nitrogens with one attached hydrogen (secondary N) is 2. The van der Waals surface area contributed by atoms with Gasteiger partial charge in [-0.25, -0.2) is 9.59 Å². The molecule has 22 heavy (non-hydrogen) atoms. The maximum absolute atomic E-state index is 12.0. The van der Waals surface area contributed by atoms with Gasteiger partial charge in [-0.2, -0.15) is 0 Å². The number of esters is 1. The van der Waals surface area contributed by atoms with Gasteiger partial charge in [0.2, 0.25) is 0 Å². The lowest BCUT2D eigenvalue weighted by Gasteiger charge is -2.12. The minimum absolute atomic E-state index is 0.455. The summed E-state index contributed by atoms with van der Waals surface area (Å²) in [5, 5.41) is 6.42. The van der Waals surface area contributed by atoms with Crippen LogP contribution in [-0.2, 0) is 22.4 Å². The van der Waals surface area contributed by atoms with Crippen LogP contribution in [0.25, 0.3) is 0 Å². The molecule has 0 saturated heterocycles. The van der Waals surface area contributed by atoms with E-state index in [1.807, 2.05) is 6.92 Å². The lowest BCUT2D eigenvalue weighted by Crippen LogP contribution is -2.41. The average Bonchev–Trinajstić information content (AvgIpc) is 2.94. The van der Waals surface area contributed by atoms with Crippen LogP contribution in [-0.4, -0.2) is 31.1 Å². The van der Waals surface area contributed by atoms with Crippen LogP contribution in [0.15, 0.2) is 5.38 Å². The SMILES string of the molecule is CCCNC(=O)NC(=O)COC(=O)c1csc2c1CCCC2. The van der Waals surface area contributed by atoms with Crippen LogP contribution in [0.4, 0.5) is 4.79 Å². The highest BCUT2D eigenvalue weighted by atomic mass is 32.1. The van der Waals surface area contributed by atoms with Crippen LogP contribution >= 0.6 is 11.3 Å². The molecule has 0 radical (unpaired) electrons. The third-order valence-electron chi connectivity index (χ3n) is 3.40. The molecule has 0 fully saturated rings. The van der Waals surface area contributed by atoms with Crippen molar-refractivity contribution >= 4 is 29.2 Å². The van der Waals surface area contributed by atoms with Gasteiger partial charge in [-0.15, -0.1) is 11.3 Å². The molecule has 1 aromatic rings. The Balaban J connectivity index is 1.81. The molecule has 3 amide bonds.